The summed E-state index contributed by atoms with van der Waals surface area (Å²) in [4.78, 5) is 20.7. The third-order valence-corrected chi connectivity index (χ3v) is 4.23. The van der Waals surface area contributed by atoms with Crippen LogP contribution in [0.1, 0.15) is 49.5 Å². The van der Waals surface area contributed by atoms with Crippen molar-refractivity contribution in [3.05, 3.63) is 34.5 Å². The second kappa shape index (κ2) is 5.77. The molecule has 1 N–H and O–H groups in total. The molecule has 1 aliphatic heterocycles. The van der Waals surface area contributed by atoms with Gasteiger partial charge in [-0.15, -0.1) is 0 Å². The van der Waals surface area contributed by atoms with E-state index in [9.17, 15) is 4.79 Å². The summed E-state index contributed by atoms with van der Waals surface area (Å²) in [6, 6.07) is 0.346. The molecule has 8 nitrogen and oxygen atoms in total. The van der Waals surface area contributed by atoms with Gasteiger partial charge in [-0.3, -0.25) is 4.79 Å². The van der Waals surface area contributed by atoms with Crippen LogP contribution in [0.5, 0.6) is 0 Å². The van der Waals surface area contributed by atoms with E-state index in [-0.39, 0.29) is 17.8 Å². The Hall–Kier alpha value is -2.22. The molecule has 2 fully saturated rings. The first-order valence-corrected chi connectivity index (χ1v) is 7.97. The van der Waals surface area contributed by atoms with Gasteiger partial charge in [0.2, 0.25) is 0 Å². The zero-order valence-corrected chi connectivity index (χ0v) is 12.9. The average Bonchev–Trinajstić information content (AvgIpc) is 3.11. The summed E-state index contributed by atoms with van der Waals surface area (Å²) in [7, 11) is 0. The van der Waals surface area contributed by atoms with Gasteiger partial charge in [-0.05, 0) is 32.6 Å². The highest BCUT2D eigenvalue weighted by Crippen LogP contribution is 2.33. The third-order valence-electron chi connectivity index (χ3n) is 4.23. The van der Waals surface area contributed by atoms with Gasteiger partial charge in [0.25, 0.3) is 11.4 Å². The van der Waals surface area contributed by atoms with E-state index in [2.05, 4.69) is 20.4 Å². The molecule has 2 aromatic rings. The van der Waals surface area contributed by atoms with E-state index < -0.39 is 0 Å². The molecule has 4 rings (SSSR count). The van der Waals surface area contributed by atoms with E-state index in [1.165, 1.54) is 0 Å². The van der Waals surface area contributed by atoms with Gasteiger partial charge in [0.05, 0.1) is 6.10 Å². The number of hydrogen-bond acceptors (Lipinski definition) is 7. The van der Waals surface area contributed by atoms with Crippen molar-refractivity contribution in [2.75, 3.05) is 11.9 Å². The second-order valence-electron chi connectivity index (χ2n) is 6.10. The van der Waals surface area contributed by atoms with Gasteiger partial charge in [-0.25, -0.2) is 4.98 Å². The molecular formula is C15H19N5O3. The minimum absolute atomic E-state index is 0.00277. The van der Waals surface area contributed by atoms with Crippen LogP contribution in [0.25, 0.3) is 0 Å². The van der Waals surface area contributed by atoms with Crippen LogP contribution >= 0.6 is 0 Å². The van der Waals surface area contributed by atoms with Gasteiger partial charge >= 0.3 is 0 Å². The zero-order chi connectivity index (χ0) is 15.8. The number of hydrogen-bond donors (Lipinski definition) is 1. The minimum Gasteiger partial charge on any atom is -0.363 e. The summed E-state index contributed by atoms with van der Waals surface area (Å²) >= 11 is 0. The van der Waals surface area contributed by atoms with Crippen molar-refractivity contribution in [2.45, 2.75) is 50.9 Å². The number of rotatable bonds is 5. The molecule has 1 saturated carbocycles. The number of aryl methyl sites for hydroxylation is 1. The van der Waals surface area contributed by atoms with E-state index in [1.807, 2.05) is 0 Å². The van der Waals surface area contributed by atoms with Crippen molar-refractivity contribution < 1.29 is 9.26 Å². The van der Waals surface area contributed by atoms with Gasteiger partial charge in [0, 0.05) is 25.0 Å². The second-order valence-corrected chi connectivity index (χ2v) is 6.10. The zero-order valence-electron chi connectivity index (χ0n) is 12.9. The molecule has 0 bridgehead atoms. The van der Waals surface area contributed by atoms with Gasteiger partial charge < -0.3 is 19.1 Å². The first-order valence-electron chi connectivity index (χ1n) is 7.97. The molecule has 2 atom stereocenters. The van der Waals surface area contributed by atoms with Crippen LogP contribution in [-0.4, -0.2) is 32.3 Å². The highest BCUT2D eigenvalue weighted by molar-refractivity contribution is 5.31. The Balaban J connectivity index is 1.37. The van der Waals surface area contributed by atoms with E-state index in [0.29, 0.717) is 30.1 Å². The van der Waals surface area contributed by atoms with Crippen molar-refractivity contribution in [1.82, 2.24) is 19.7 Å². The number of anilines is 1. The standard InChI is InChI=1S/C15H19N5O3/c1-9-18-14(23-19-9)12-5-4-11(22-12)8-17-13-15(21)20(7-6-16-13)10-2-3-10/h6-7,10-12H,2-5,8H2,1H3,(H,16,17)/t11-,12+/m1/s1. The van der Waals surface area contributed by atoms with Gasteiger partial charge in [0.15, 0.2) is 11.6 Å². The molecule has 0 aromatic carbocycles. The van der Waals surface area contributed by atoms with Gasteiger partial charge in [0.1, 0.15) is 6.10 Å². The summed E-state index contributed by atoms with van der Waals surface area (Å²) in [5.41, 5.74) is -0.0583. The Bertz CT molecular complexity index is 752. The first-order chi connectivity index (χ1) is 11.2. The Morgan fingerprint density at radius 1 is 1.35 bits per heavy atom. The monoisotopic (exact) mass is 317 g/mol. The van der Waals surface area contributed by atoms with Crippen LogP contribution in [0.4, 0.5) is 5.82 Å². The molecule has 2 aromatic heterocycles. The van der Waals surface area contributed by atoms with Crippen molar-refractivity contribution >= 4 is 5.82 Å². The lowest BCUT2D eigenvalue weighted by Crippen LogP contribution is -2.27. The third kappa shape index (κ3) is 2.98. The van der Waals surface area contributed by atoms with Gasteiger partial charge in [-0.2, -0.15) is 4.98 Å². The van der Waals surface area contributed by atoms with Crippen LogP contribution in [-0.2, 0) is 4.74 Å². The Morgan fingerprint density at radius 3 is 2.96 bits per heavy atom. The lowest BCUT2D eigenvalue weighted by atomic mass is 10.2. The van der Waals surface area contributed by atoms with E-state index >= 15 is 0 Å². The smallest absolute Gasteiger partial charge is 0.293 e. The van der Waals surface area contributed by atoms with Crippen LogP contribution in [0.15, 0.2) is 21.7 Å². The number of nitrogens with zero attached hydrogens (tertiary/aromatic N) is 4. The largest absolute Gasteiger partial charge is 0.363 e. The molecule has 0 amide bonds. The maximum Gasteiger partial charge on any atom is 0.293 e. The Morgan fingerprint density at radius 2 is 2.22 bits per heavy atom. The van der Waals surface area contributed by atoms with Crippen molar-refractivity contribution in [3.8, 4) is 0 Å². The maximum absolute atomic E-state index is 12.3. The molecule has 122 valence electrons. The Labute approximate surface area is 132 Å². The highest BCUT2D eigenvalue weighted by atomic mass is 16.5. The highest BCUT2D eigenvalue weighted by Gasteiger charge is 2.31. The lowest BCUT2D eigenvalue weighted by Gasteiger charge is -2.13. The van der Waals surface area contributed by atoms with Crippen LogP contribution < -0.4 is 10.9 Å². The molecular weight excluding hydrogens is 298 g/mol. The molecule has 1 aliphatic carbocycles. The summed E-state index contributed by atoms with van der Waals surface area (Å²) in [6.45, 7) is 2.33. The summed E-state index contributed by atoms with van der Waals surface area (Å²) in [5, 5.41) is 6.91. The molecule has 0 radical (unpaired) electrons. The van der Waals surface area contributed by atoms with Gasteiger partial charge in [-0.1, -0.05) is 5.16 Å². The van der Waals surface area contributed by atoms with Crippen LogP contribution in [0, 0.1) is 6.92 Å². The predicted octanol–water partition coefficient (Wildman–Crippen LogP) is 1.60. The molecule has 0 unspecified atom stereocenters. The quantitative estimate of drug-likeness (QED) is 0.895. The predicted molar refractivity (Wildman–Crippen MR) is 81.1 cm³/mol. The molecule has 8 heteroatoms. The van der Waals surface area contributed by atoms with Crippen molar-refractivity contribution in [3.63, 3.8) is 0 Å². The van der Waals surface area contributed by atoms with Crippen LogP contribution in [0.3, 0.4) is 0 Å². The molecule has 0 spiro atoms. The fourth-order valence-corrected chi connectivity index (χ4v) is 2.88. The van der Waals surface area contributed by atoms with E-state index in [1.54, 1.807) is 23.9 Å². The van der Waals surface area contributed by atoms with Crippen molar-refractivity contribution in [2.24, 2.45) is 0 Å². The summed E-state index contributed by atoms with van der Waals surface area (Å²) in [6.07, 6.45) is 7.12. The normalized spacial score (nSPS) is 24.0. The lowest BCUT2D eigenvalue weighted by molar-refractivity contribution is 0.0326. The SMILES string of the molecule is Cc1noc([C@@H]2CC[C@H](CNc3nccn(C4CC4)c3=O)O2)n1. The topological polar surface area (TPSA) is 95.1 Å². The van der Waals surface area contributed by atoms with Crippen molar-refractivity contribution in [1.29, 1.82) is 0 Å². The maximum atomic E-state index is 12.3. The average molecular weight is 317 g/mol. The molecule has 23 heavy (non-hydrogen) atoms. The molecule has 2 aliphatic rings. The fourth-order valence-electron chi connectivity index (χ4n) is 2.88. The number of ether oxygens (including phenoxy) is 1. The van der Waals surface area contributed by atoms with E-state index in [4.69, 9.17) is 9.26 Å². The molecule has 1 saturated heterocycles. The first kappa shape index (κ1) is 14.4. The summed E-state index contributed by atoms with van der Waals surface area (Å²) in [5.74, 6) is 1.53. The Kier molecular flexibility index (Phi) is 3.60. The number of nitrogens with one attached hydrogen (secondary N) is 1. The van der Waals surface area contributed by atoms with Crippen LogP contribution in [0.2, 0.25) is 0 Å². The number of aromatic nitrogens is 4. The van der Waals surface area contributed by atoms with E-state index in [0.717, 1.165) is 25.7 Å². The summed E-state index contributed by atoms with van der Waals surface area (Å²) < 4.78 is 12.8. The minimum atomic E-state index is -0.158. The fraction of sp³-hybridized carbons (Fsp3) is 0.600. The molecule has 3 heterocycles.